The summed E-state index contributed by atoms with van der Waals surface area (Å²) in [6, 6.07) is 5.55. The number of aromatic nitrogens is 2. The van der Waals surface area contributed by atoms with E-state index < -0.39 is 11.9 Å². The van der Waals surface area contributed by atoms with Gasteiger partial charge in [0.15, 0.2) is 11.5 Å². The molecule has 2 aromatic rings. The standard InChI is InChI=1S/C16H20F3N3O2.ClH/c1-22-15(16(17,18)19)12(10-21-22)9-20-7-6-11-4-5-13(23-2)14(8-11)24-3;/h4-5,8,10,20H,6-7,9H2,1-3H3;1H. The SMILES string of the molecule is COc1ccc(CCNCc2cnn(C)c2C(F)(F)F)cc1OC.Cl. The Kier molecular flexibility index (Phi) is 7.57. The number of hydrogen-bond donors (Lipinski definition) is 1. The van der Waals surface area contributed by atoms with Crippen LogP contribution < -0.4 is 14.8 Å². The summed E-state index contributed by atoms with van der Waals surface area (Å²) in [5.41, 5.74) is 0.417. The van der Waals surface area contributed by atoms with Crippen LogP contribution in [0.3, 0.4) is 0 Å². The van der Waals surface area contributed by atoms with Gasteiger partial charge in [-0.2, -0.15) is 18.3 Å². The first kappa shape index (κ1) is 21.1. The number of benzene rings is 1. The number of rotatable bonds is 7. The van der Waals surface area contributed by atoms with E-state index in [0.717, 1.165) is 10.2 Å². The first-order valence-electron chi connectivity index (χ1n) is 7.36. The lowest BCUT2D eigenvalue weighted by atomic mass is 10.1. The molecule has 0 saturated carbocycles. The summed E-state index contributed by atoms with van der Waals surface area (Å²) < 4.78 is 50.1. The van der Waals surface area contributed by atoms with E-state index in [-0.39, 0.29) is 24.5 Å². The third-order valence-electron chi connectivity index (χ3n) is 3.64. The van der Waals surface area contributed by atoms with Gasteiger partial charge < -0.3 is 14.8 Å². The molecule has 1 aromatic heterocycles. The van der Waals surface area contributed by atoms with E-state index in [2.05, 4.69) is 10.4 Å². The summed E-state index contributed by atoms with van der Waals surface area (Å²) in [5.74, 6) is 1.26. The molecule has 140 valence electrons. The maximum Gasteiger partial charge on any atom is 0.433 e. The average Bonchev–Trinajstić information content (AvgIpc) is 2.92. The molecule has 9 heteroatoms. The van der Waals surface area contributed by atoms with Crippen LogP contribution >= 0.6 is 12.4 Å². The van der Waals surface area contributed by atoms with Gasteiger partial charge >= 0.3 is 6.18 Å². The molecule has 0 aliphatic carbocycles. The molecule has 0 aliphatic heterocycles. The first-order chi connectivity index (χ1) is 11.4. The second-order valence-corrected chi connectivity index (χ2v) is 5.26. The molecular formula is C16H21ClF3N3O2. The third kappa shape index (κ3) is 5.27. The second kappa shape index (κ2) is 8.96. The van der Waals surface area contributed by atoms with Gasteiger partial charge in [-0.3, -0.25) is 4.68 Å². The monoisotopic (exact) mass is 379 g/mol. The molecule has 0 radical (unpaired) electrons. The zero-order chi connectivity index (χ0) is 17.7. The fourth-order valence-electron chi connectivity index (χ4n) is 2.47. The highest BCUT2D eigenvalue weighted by molar-refractivity contribution is 5.85. The average molecular weight is 380 g/mol. The first-order valence-corrected chi connectivity index (χ1v) is 7.36. The van der Waals surface area contributed by atoms with Gasteiger partial charge in [-0.05, 0) is 30.7 Å². The second-order valence-electron chi connectivity index (χ2n) is 5.26. The Balaban J connectivity index is 0.00000312. The minimum atomic E-state index is -4.41. The van der Waals surface area contributed by atoms with Crippen molar-refractivity contribution in [3.63, 3.8) is 0 Å². The molecule has 0 bridgehead atoms. The lowest BCUT2D eigenvalue weighted by Gasteiger charge is -2.11. The quantitative estimate of drug-likeness (QED) is 0.750. The van der Waals surface area contributed by atoms with Crippen molar-refractivity contribution in [1.29, 1.82) is 0 Å². The van der Waals surface area contributed by atoms with Gasteiger partial charge in [-0.1, -0.05) is 6.07 Å². The number of halogens is 4. The molecule has 0 saturated heterocycles. The van der Waals surface area contributed by atoms with Gasteiger partial charge in [0.2, 0.25) is 0 Å². The molecule has 0 atom stereocenters. The highest BCUT2D eigenvalue weighted by Crippen LogP contribution is 2.31. The third-order valence-corrected chi connectivity index (χ3v) is 3.64. The predicted octanol–water partition coefficient (Wildman–Crippen LogP) is 3.21. The minimum absolute atomic E-state index is 0. The van der Waals surface area contributed by atoms with E-state index in [1.165, 1.54) is 13.2 Å². The Bertz CT molecular complexity index is 690. The number of aryl methyl sites for hydroxylation is 1. The molecule has 0 spiro atoms. The van der Waals surface area contributed by atoms with Crippen molar-refractivity contribution in [1.82, 2.24) is 15.1 Å². The number of nitrogens with one attached hydrogen (secondary N) is 1. The van der Waals surface area contributed by atoms with Gasteiger partial charge in [0.05, 0.1) is 20.4 Å². The predicted molar refractivity (Wildman–Crippen MR) is 90.4 cm³/mol. The van der Waals surface area contributed by atoms with E-state index >= 15 is 0 Å². The number of hydrogen-bond acceptors (Lipinski definition) is 4. The van der Waals surface area contributed by atoms with Crippen LogP contribution in [0.2, 0.25) is 0 Å². The van der Waals surface area contributed by atoms with Crippen molar-refractivity contribution in [3.8, 4) is 11.5 Å². The maximum absolute atomic E-state index is 13.0. The van der Waals surface area contributed by atoms with Crippen LogP contribution in [0, 0.1) is 0 Å². The van der Waals surface area contributed by atoms with Crippen LogP contribution in [-0.4, -0.2) is 30.5 Å². The van der Waals surface area contributed by atoms with Crippen molar-refractivity contribution in [2.45, 2.75) is 19.1 Å². The van der Waals surface area contributed by atoms with Gasteiger partial charge in [-0.25, -0.2) is 0 Å². The van der Waals surface area contributed by atoms with Crippen LogP contribution in [-0.2, 0) is 26.2 Å². The summed E-state index contributed by atoms with van der Waals surface area (Å²) >= 11 is 0. The number of nitrogens with zero attached hydrogens (tertiary/aromatic N) is 2. The van der Waals surface area contributed by atoms with Crippen molar-refractivity contribution in [3.05, 3.63) is 41.2 Å². The number of methoxy groups -OCH3 is 2. The molecule has 1 N–H and O–H groups in total. The summed E-state index contributed by atoms with van der Waals surface area (Å²) in [5, 5.41) is 6.70. The highest BCUT2D eigenvalue weighted by Gasteiger charge is 2.36. The Morgan fingerprint density at radius 2 is 1.84 bits per heavy atom. The van der Waals surface area contributed by atoms with E-state index in [1.807, 2.05) is 12.1 Å². The fourth-order valence-corrected chi connectivity index (χ4v) is 2.47. The topological polar surface area (TPSA) is 48.3 Å². The lowest BCUT2D eigenvalue weighted by molar-refractivity contribution is -0.144. The molecule has 5 nitrogen and oxygen atoms in total. The van der Waals surface area contributed by atoms with Crippen molar-refractivity contribution >= 4 is 12.4 Å². The summed E-state index contributed by atoms with van der Waals surface area (Å²) in [4.78, 5) is 0. The summed E-state index contributed by atoms with van der Waals surface area (Å²) in [6.45, 7) is 0.637. The van der Waals surface area contributed by atoms with Crippen LogP contribution in [0.25, 0.3) is 0 Å². The van der Waals surface area contributed by atoms with Gasteiger partial charge in [0.1, 0.15) is 5.69 Å². The van der Waals surface area contributed by atoms with Crippen LogP contribution in [0.5, 0.6) is 11.5 Å². The number of ether oxygens (including phenoxy) is 2. The summed E-state index contributed by atoms with van der Waals surface area (Å²) in [6.07, 6.45) is -2.51. The zero-order valence-electron chi connectivity index (χ0n) is 14.2. The normalized spacial score (nSPS) is 11.1. The van der Waals surface area contributed by atoms with Crippen LogP contribution in [0.1, 0.15) is 16.8 Å². The largest absolute Gasteiger partial charge is 0.493 e. The lowest BCUT2D eigenvalue weighted by Crippen LogP contribution is -2.20. The molecule has 1 aromatic carbocycles. The Morgan fingerprint density at radius 3 is 2.44 bits per heavy atom. The molecule has 0 fully saturated rings. The van der Waals surface area contributed by atoms with Crippen LogP contribution in [0.4, 0.5) is 13.2 Å². The molecule has 0 aliphatic rings. The van der Waals surface area contributed by atoms with Crippen molar-refractivity contribution in [2.24, 2.45) is 7.05 Å². The molecule has 0 amide bonds. The molecule has 25 heavy (non-hydrogen) atoms. The van der Waals surface area contributed by atoms with Crippen molar-refractivity contribution < 1.29 is 22.6 Å². The molecular weight excluding hydrogens is 359 g/mol. The molecule has 0 unspecified atom stereocenters. The van der Waals surface area contributed by atoms with Gasteiger partial charge in [0, 0.05) is 19.2 Å². The highest BCUT2D eigenvalue weighted by atomic mass is 35.5. The summed E-state index contributed by atoms with van der Waals surface area (Å²) in [7, 11) is 4.40. The van der Waals surface area contributed by atoms with E-state index in [4.69, 9.17) is 9.47 Å². The molecule has 2 rings (SSSR count). The van der Waals surface area contributed by atoms with E-state index in [0.29, 0.717) is 24.5 Å². The molecule has 1 heterocycles. The Labute approximate surface area is 150 Å². The Morgan fingerprint density at radius 1 is 1.16 bits per heavy atom. The van der Waals surface area contributed by atoms with Gasteiger partial charge in [-0.15, -0.1) is 12.4 Å². The van der Waals surface area contributed by atoms with Gasteiger partial charge in [0.25, 0.3) is 0 Å². The minimum Gasteiger partial charge on any atom is -0.493 e. The van der Waals surface area contributed by atoms with Crippen molar-refractivity contribution in [2.75, 3.05) is 20.8 Å². The fraction of sp³-hybridized carbons (Fsp3) is 0.438. The Hall–Kier alpha value is -1.93. The maximum atomic E-state index is 13.0. The zero-order valence-corrected chi connectivity index (χ0v) is 15.0. The number of alkyl halides is 3. The van der Waals surface area contributed by atoms with E-state index in [9.17, 15) is 13.2 Å². The smallest absolute Gasteiger partial charge is 0.433 e. The van der Waals surface area contributed by atoms with Crippen LogP contribution in [0.15, 0.2) is 24.4 Å². The van der Waals surface area contributed by atoms with E-state index in [1.54, 1.807) is 20.3 Å².